The van der Waals surface area contributed by atoms with Crippen LogP contribution in [0.2, 0.25) is 0 Å². The van der Waals surface area contributed by atoms with Crippen LogP contribution in [0.1, 0.15) is 41.6 Å². The molecule has 0 radical (unpaired) electrons. The number of fused-ring (bicyclic) bond motifs is 2. The van der Waals surface area contributed by atoms with Gasteiger partial charge in [-0.15, -0.1) is 0 Å². The lowest BCUT2D eigenvalue weighted by Gasteiger charge is -2.26. The first kappa shape index (κ1) is 16.5. The molecule has 2 aliphatic heterocycles. The number of ketones is 1. The third-order valence-corrected chi connectivity index (χ3v) is 7.47. The van der Waals surface area contributed by atoms with E-state index in [0.717, 1.165) is 37.0 Å². The molecule has 2 aromatic carbocycles. The third-order valence-electron chi connectivity index (χ3n) is 5.30. The number of hydrogen-bond acceptors (Lipinski definition) is 3. The molecule has 0 spiro atoms. The topological polar surface area (TPSA) is 43.4 Å². The van der Waals surface area contributed by atoms with Gasteiger partial charge in [0.2, 0.25) is 0 Å². The van der Waals surface area contributed by atoms with E-state index >= 15 is 0 Å². The van der Waals surface area contributed by atoms with Gasteiger partial charge >= 0.3 is 0 Å². The first-order chi connectivity index (χ1) is 12.2. The highest BCUT2D eigenvalue weighted by Gasteiger charge is 2.42. The Morgan fingerprint density at radius 3 is 2.44 bits per heavy atom. The number of carbonyl (C=O) groups is 1. The molecule has 2 aromatic rings. The van der Waals surface area contributed by atoms with E-state index in [-0.39, 0.29) is 22.2 Å². The summed E-state index contributed by atoms with van der Waals surface area (Å²) in [5.41, 5.74) is 1.81. The number of hydrogen-bond donors (Lipinski definition) is 0. The van der Waals surface area contributed by atoms with E-state index in [0.29, 0.717) is 12.2 Å². The number of rotatable bonds is 5. The highest BCUT2D eigenvalue weighted by molar-refractivity contribution is 7.86. The van der Waals surface area contributed by atoms with Crippen molar-refractivity contribution >= 4 is 16.6 Å². The molecule has 2 fully saturated rings. The summed E-state index contributed by atoms with van der Waals surface area (Å²) in [6, 6.07) is 17.5. The van der Waals surface area contributed by atoms with Crippen LogP contribution in [-0.2, 0) is 17.4 Å². The number of ether oxygens (including phenoxy) is 1. The van der Waals surface area contributed by atoms with Crippen molar-refractivity contribution < 1.29 is 13.7 Å². The maximum absolute atomic E-state index is 12.9. The van der Waals surface area contributed by atoms with Crippen LogP contribution in [0.25, 0.3) is 0 Å². The number of carbonyl (C=O) groups excluding carboxylic acids is 1. The molecule has 0 aliphatic carbocycles. The van der Waals surface area contributed by atoms with Crippen molar-refractivity contribution in [3.8, 4) is 5.75 Å². The van der Waals surface area contributed by atoms with Crippen LogP contribution in [0.15, 0.2) is 54.6 Å². The molecular formula is C21H22O3S. The van der Waals surface area contributed by atoms with E-state index in [4.69, 9.17) is 4.74 Å². The van der Waals surface area contributed by atoms with E-state index in [1.54, 1.807) is 0 Å². The lowest BCUT2D eigenvalue weighted by Crippen LogP contribution is -2.32. The van der Waals surface area contributed by atoms with Gasteiger partial charge in [-0.25, -0.2) is 0 Å². The maximum Gasteiger partial charge on any atom is 0.166 e. The van der Waals surface area contributed by atoms with Crippen LogP contribution in [0.4, 0.5) is 0 Å². The average molecular weight is 354 g/mol. The van der Waals surface area contributed by atoms with Crippen LogP contribution < -0.4 is 4.74 Å². The van der Waals surface area contributed by atoms with Gasteiger partial charge in [-0.05, 0) is 43.4 Å². The molecule has 2 atom stereocenters. The minimum atomic E-state index is -0.718. The van der Waals surface area contributed by atoms with Crippen molar-refractivity contribution in [2.24, 2.45) is 5.92 Å². The zero-order valence-electron chi connectivity index (χ0n) is 14.1. The van der Waals surface area contributed by atoms with Crippen molar-refractivity contribution in [1.29, 1.82) is 0 Å². The third kappa shape index (κ3) is 3.54. The van der Waals surface area contributed by atoms with Gasteiger partial charge in [0.05, 0.1) is 0 Å². The largest absolute Gasteiger partial charge is 0.489 e. The maximum atomic E-state index is 12.9. The van der Waals surface area contributed by atoms with Gasteiger partial charge in [0, 0.05) is 32.8 Å². The first-order valence-electron chi connectivity index (χ1n) is 8.91. The van der Waals surface area contributed by atoms with Gasteiger partial charge in [-0.2, -0.15) is 0 Å². The Bertz CT molecular complexity index is 771. The van der Waals surface area contributed by atoms with Crippen LogP contribution in [0.3, 0.4) is 0 Å². The highest BCUT2D eigenvalue weighted by atomic mass is 32.2. The molecule has 4 heteroatoms. The molecule has 0 saturated carbocycles. The standard InChI is InChI=1S/C21H22O3S/c22-21(17-12-19-9-10-20(13-17)25(19)23)16-7-4-8-18(11-16)24-14-15-5-2-1-3-6-15/h1-8,11,17,19-20H,9-10,12-14H2. The molecule has 4 rings (SSSR count). The Morgan fingerprint density at radius 1 is 1.00 bits per heavy atom. The number of benzene rings is 2. The monoisotopic (exact) mass is 354 g/mol. The molecule has 130 valence electrons. The fraction of sp³-hybridized carbons (Fsp3) is 0.381. The summed E-state index contributed by atoms with van der Waals surface area (Å²) in [4.78, 5) is 12.9. The van der Waals surface area contributed by atoms with Gasteiger partial charge in [0.25, 0.3) is 0 Å². The smallest absolute Gasteiger partial charge is 0.166 e. The predicted octanol–water partition coefficient (Wildman–Crippen LogP) is 4.14. The number of Topliss-reactive ketones (excluding diaryl/α,β-unsaturated/α-hetero) is 1. The van der Waals surface area contributed by atoms with Crippen LogP contribution in [-0.4, -0.2) is 20.5 Å². The van der Waals surface area contributed by atoms with E-state index in [1.165, 1.54) is 0 Å². The van der Waals surface area contributed by atoms with Gasteiger partial charge in [0.1, 0.15) is 12.4 Å². The van der Waals surface area contributed by atoms with Crippen LogP contribution in [0.5, 0.6) is 5.75 Å². The van der Waals surface area contributed by atoms with Crippen molar-refractivity contribution in [1.82, 2.24) is 0 Å². The average Bonchev–Trinajstić information content (AvgIpc) is 2.87. The predicted molar refractivity (Wildman–Crippen MR) is 99.2 cm³/mol. The fourth-order valence-corrected chi connectivity index (χ4v) is 6.09. The molecule has 0 amide bonds. The van der Waals surface area contributed by atoms with Crippen molar-refractivity contribution in [3.05, 3.63) is 65.7 Å². The Morgan fingerprint density at radius 2 is 1.72 bits per heavy atom. The molecule has 3 nitrogen and oxygen atoms in total. The molecule has 2 saturated heterocycles. The van der Waals surface area contributed by atoms with Gasteiger partial charge in [0.15, 0.2) is 5.78 Å². The van der Waals surface area contributed by atoms with Crippen LogP contribution in [0, 0.1) is 5.92 Å². The van der Waals surface area contributed by atoms with Gasteiger partial charge in [-0.1, -0.05) is 42.5 Å². The Labute approximate surface area is 150 Å². The second-order valence-electron chi connectivity index (χ2n) is 6.98. The van der Waals surface area contributed by atoms with Crippen molar-refractivity contribution in [2.75, 3.05) is 0 Å². The minimum absolute atomic E-state index is 0.0135. The summed E-state index contributed by atoms with van der Waals surface area (Å²) < 4.78 is 18.0. The molecule has 2 aliphatic rings. The highest BCUT2D eigenvalue weighted by Crippen LogP contribution is 2.40. The first-order valence-corrected chi connectivity index (χ1v) is 10.2. The second kappa shape index (κ2) is 7.12. The summed E-state index contributed by atoms with van der Waals surface area (Å²) in [6.07, 6.45) is 3.58. The summed E-state index contributed by atoms with van der Waals surface area (Å²) in [6.45, 7) is 0.491. The molecule has 2 bridgehead atoms. The summed E-state index contributed by atoms with van der Waals surface area (Å²) in [5, 5.41) is 0.454. The second-order valence-corrected chi connectivity index (χ2v) is 8.97. The van der Waals surface area contributed by atoms with Gasteiger partial charge < -0.3 is 4.74 Å². The molecule has 2 heterocycles. The molecule has 0 aromatic heterocycles. The lowest BCUT2D eigenvalue weighted by molar-refractivity contribution is 0.0905. The minimum Gasteiger partial charge on any atom is -0.489 e. The summed E-state index contributed by atoms with van der Waals surface area (Å²) in [5.74, 6) is 0.912. The van der Waals surface area contributed by atoms with Gasteiger partial charge in [-0.3, -0.25) is 9.00 Å². The lowest BCUT2D eigenvalue weighted by atomic mass is 9.90. The zero-order chi connectivity index (χ0) is 17.2. The quantitative estimate of drug-likeness (QED) is 0.758. The zero-order valence-corrected chi connectivity index (χ0v) is 14.9. The van der Waals surface area contributed by atoms with E-state index in [9.17, 15) is 9.00 Å². The van der Waals surface area contributed by atoms with E-state index in [1.807, 2.05) is 54.6 Å². The molecule has 0 N–H and O–H groups in total. The molecular weight excluding hydrogens is 332 g/mol. The Hall–Kier alpha value is -1.94. The molecule has 2 unspecified atom stereocenters. The van der Waals surface area contributed by atoms with E-state index in [2.05, 4.69) is 0 Å². The summed E-state index contributed by atoms with van der Waals surface area (Å²) >= 11 is 0. The Kier molecular flexibility index (Phi) is 4.71. The molecule has 25 heavy (non-hydrogen) atoms. The summed E-state index contributed by atoms with van der Waals surface area (Å²) in [7, 11) is -0.718. The fourth-order valence-electron chi connectivity index (χ4n) is 3.96. The Balaban J connectivity index is 1.44. The normalized spacial score (nSPS) is 27.8. The SMILES string of the molecule is O=C(c1cccc(OCc2ccccc2)c1)C1CC2CCC(C1)S2=O. The van der Waals surface area contributed by atoms with Crippen molar-refractivity contribution in [3.63, 3.8) is 0 Å². The van der Waals surface area contributed by atoms with Crippen molar-refractivity contribution in [2.45, 2.75) is 42.8 Å². The van der Waals surface area contributed by atoms with Crippen LogP contribution >= 0.6 is 0 Å². The van der Waals surface area contributed by atoms with E-state index < -0.39 is 10.8 Å².